The Morgan fingerprint density at radius 1 is 1.37 bits per heavy atom. The third-order valence-electron chi connectivity index (χ3n) is 3.72. The van der Waals surface area contributed by atoms with Crippen LogP contribution in [0.15, 0.2) is 6.07 Å². The second-order valence-electron chi connectivity index (χ2n) is 5.47. The van der Waals surface area contributed by atoms with Crippen LogP contribution in [0.25, 0.3) is 0 Å². The van der Waals surface area contributed by atoms with Crippen LogP contribution in [-0.4, -0.2) is 40.8 Å². The zero-order valence-corrected chi connectivity index (χ0v) is 12.1. The van der Waals surface area contributed by atoms with Gasteiger partial charge in [0.2, 0.25) is 0 Å². The Morgan fingerprint density at radius 3 is 2.84 bits per heavy atom. The van der Waals surface area contributed by atoms with Gasteiger partial charge in [0.25, 0.3) is 0 Å². The summed E-state index contributed by atoms with van der Waals surface area (Å²) < 4.78 is 0. The lowest BCUT2D eigenvalue weighted by molar-refractivity contribution is 0.0481. The highest BCUT2D eigenvalue weighted by Crippen LogP contribution is 2.25. The summed E-state index contributed by atoms with van der Waals surface area (Å²) in [4.78, 5) is 11.3. The van der Waals surface area contributed by atoms with E-state index in [0.29, 0.717) is 0 Å². The molecule has 1 atom stereocenters. The summed E-state index contributed by atoms with van der Waals surface area (Å²) in [5, 5.41) is 13.2. The van der Waals surface area contributed by atoms with E-state index in [2.05, 4.69) is 27.1 Å². The maximum atomic E-state index is 10.1. The van der Waals surface area contributed by atoms with Gasteiger partial charge in [0.1, 0.15) is 17.5 Å². The van der Waals surface area contributed by atoms with E-state index in [1.807, 2.05) is 20.0 Å². The fraction of sp³-hybridized carbons (Fsp3) is 0.714. The molecule has 5 nitrogen and oxygen atoms in total. The molecule has 0 aliphatic carbocycles. The molecule has 1 saturated heterocycles. The average Bonchev–Trinajstić information content (AvgIpc) is 2.59. The molecule has 2 rings (SSSR count). The maximum Gasteiger partial charge on any atom is 0.134 e. The number of aromatic nitrogens is 2. The van der Waals surface area contributed by atoms with Crippen LogP contribution in [0, 0.1) is 0 Å². The SMILES string of the molecule is CCc1nc(NC)cc(N2CCCC(C)(O)CC2)n1. The van der Waals surface area contributed by atoms with Crippen molar-refractivity contribution in [1.82, 2.24) is 9.97 Å². The van der Waals surface area contributed by atoms with Gasteiger partial charge in [-0.2, -0.15) is 0 Å². The lowest BCUT2D eigenvalue weighted by Crippen LogP contribution is -2.29. The number of aliphatic hydroxyl groups is 1. The number of anilines is 2. The van der Waals surface area contributed by atoms with Crippen molar-refractivity contribution in [3.63, 3.8) is 0 Å². The van der Waals surface area contributed by atoms with E-state index >= 15 is 0 Å². The normalized spacial score (nSPS) is 24.1. The Bertz CT molecular complexity index is 411. The van der Waals surface area contributed by atoms with Crippen molar-refractivity contribution in [3.05, 3.63) is 11.9 Å². The summed E-state index contributed by atoms with van der Waals surface area (Å²) in [6.07, 6.45) is 3.46. The highest BCUT2D eigenvalue weighted by molar-refractivity contribution is 5.49. The molecule has 0 bridgehead atoms. The molecule has 19 heavy (non-hydrogen) atoms. The van der Waals surface area contributed by atoms with Crippen molar-refractivity contribution in [3.8, 4) is 0 Å². The second-order valence-corrected chi connectivity index (χ2v) is 5.47. The molecule has 2 N–H and O–H groups in total. The van der Waals surface area contributed by atoms with Gasteiger partial charge in [-0.15, -0.1) is 0 Å². The molecule has 1 aliphatic rings. The number of aryl methyl sites for hydroxylation is 1. The van der Waals surface area contributed by atoms with Gasteiger partial charge >= 0.3 is 0 Å². The third-order valence-corrected chi connectivity index (χ3v) is 3.72. The Balaban J connectivity index is 2.21. The number of rotatable bonds is 3. The van der Waals surface area contributed by atoms with Gasteiger partial charge in [0.15, 0.2) is 0 Å². The summed E-state index contributed by atoms with van der Waals surface area (Å²) >= 11 is 0. The van der Waals surface area contributed by atoms with Crippen LogP contribution in [0.1, 0.15) is 38.9 Å². The zero-order chi connectivity index (χ0) is 13.9. The van der Waals surface area contributed by atoms with Crippen LogP contribution in [0.2, 0.25) is 0 Å². The fourth-order valence-electron chi connectivity index (χ4n) is 2.42. The van der Waals surface area contributed by atoms with Gasteiger partial charge in [-0.05, 0) is 26.2 Å². The zero-order valence-electron chi connectivity index (χ0n) is 12.1. The summed E-state index contributed by atoms with van der Waals surface area (Å²) in [6.45, 7) is 5.77. The van der Waals surface area contributed by atoms with Crippen LogP contribution < -0.4 is 10.2 Å². The quantitative estimate of drug-likeness (QED) is 0.872. The molecule has 1 aliphatic heterocycles. The first-order valence-corrected chi connectivity index (χ1v) is 7.07. The first-order valence-electron chi connectivity index (χ1n) is 7.07. The molecule has 5 heteroatoms. The van der Waals surface area contributed by atoms with E-state index in [1.165, 1.54) is 0 Å². The van der Waals surface area contributed by atoms with Crippen molar-refractivity contribution in [2.45, 2.75) is 45.1 Å². The van der Waals surface area contributed by atoms with E-state index in [1.54, 1.807) is 0 Å². The molecule has 1 aromatic heterocycles. The first-order chi connectivity index (χ1) is 9.04. The van der Waals surface area contributed by atoms with Gasteiger partial charge in [-0.25, -0.2) is 9.97 Å². The molecule has 1 fully saturated rings. The molecule has 106 valence electrons. The smallest absolute Gasteiger partial charge is 0.134 e. The molecule has 1 aromatic rings. The summed E-state index contributed by atoms with van der Waals surface area (Å²) in [5.74, 6) is 2.68. The molecule has 0 amide bonds. The highest BCUT2D eigenvalue weighted by Gasteiger charge is 2.25. The molecule has 0 saturated carbocycles. The highest BCUT2D eigenvalue weighted by atomic mass is 16.3. The van der Waals surface area contributed by atoms with E-state index in [0.717, 1.165) is 56.2 Å². The minimum atomic E-state index is -0.540. The number of hydrogen-bond acceptors (Lipinski definition) is 5. The van der Waals surface area contributed by atoms with Crippen LogP contribution >= 0.6 is 0 Å². The third kappa shape index (κ3) is 3.56. The predicted molar refractivity (Wildman–Crippen MR) is 77.6 cm³/mol. The largest absolute Gasteiger partial charge is 0.390 e. The van der Waals surface area contributed by atoms with E-state index in [4.69, 9.17) is 0 Å². The van der Waals surface area contributed by atoms with E-state index < -0.39 is 5.60 Å². The van der Waals surface area contributed by atoms with Crippen LogP contribution in [0.4, 0.5) is 11.6 Å². The molecule has 1 unspecified atom stereocenters. The number of nitrogens with zero attached hydrogens (tertiary/aromatic N) is 3. The van der Waals surface area contributed by atoms with Crippen LogP contribution in [0.3, 0.4) is 0 Å². The number of hydrogen-bond donors (Lipinski definition) is 2. The first kappa shape index (κ1) is 14.1. The van der Waals surface area contributed by atoms with Crippen LogP contribution in [-0.2, 0) is 6.42 Å². The molecular weight excluding hydrogens is 240 g/mol. The van der Waals surface area contributed by atoms with E-state index in [-0.39, 0.29) is 0 Å². The average molecular weight is 264 g/mol. The summed E-state index contributed by atoms with van der Waals surface area (Å²) in [5.41, 5.74) is -0.540. The monoisotopic (exact) mass is 264 g/mol. The van der Waals surface area contributed by atoms with Gasteiger partial charge in [-0.3, -0.25) is 0 Å². The molecule has 0 spiro atoms. The van der Waals surface area contributed by atoms with Gasteiger partial charge in [0.05, 0.1) is 5.60 Å². The van der Waals surface area contributed by atoms with Crippen LogP contribution in [0.5, 0.6) is 0 Å². The molecular formula is C14H24N4O. The van der Waals surface area contributed by atoms with Crippen molar-refractivity contribution in [2.75, 3.05) is 30.4 Å². The summed E-state index contributed by atoms with van der Waals surface area (Å²) in [6, 6.07) is 1.99. The lowest BCUT2D eigenvalue weighted by Gasteiger charge is -2.24. The Labute approximate surface area is 115 Å². The summed E-state index contributed by atoms with van der Waals surface area (Å²) in [7, 11) is 1.87. The van der Waals surface area contributed by atoms with Crippen molar-refractivity contribution in [1.29, 1.82) is 0 Å². The van der Waals surface area contributed by atoms with Gasteiger partial charge < -0.3 is 15.3 Å². The van der Waals surface area contributed by atoms with Gasteiger partial charge in [-0.1, -0.05) is 6.92 Å². The lowest BCUT2D eigenvalue weighted by atomic mass is 9.98. The Kier molecular flexibility index (Phi) is 4.24. The molecule has 0 aromatic carbocycles. The molecule has 2 heterocycles. The minimum Gasteiger partial charge on any atom is -0.390 e. The fourth-order valence-corrected chi connectivity index (χ4v) is 2.42. The Hall–Kier alpha value is -1.36. The Morgan fingerprint density at radius 2 is 2.16 bits per heavy atom. The molecule has 0 radical (unpaired) electrons. The van der Waals surface area contributed by atoms with Crippen molar-refractivity contribution >= 4 is 11.6 Å². The standard InChI is InChI=1S/C14H24N4O/c1-4-11-16-12(15-3)10-13(17-11)18-8-5-6-14(2,19)7-9-18/h10,19H,4-9H2,1-3H3,(H,15,16,17). The van der Waals surface area contributed by atoms with Crippen molar-refractivity contribution < 1.29 is 5.11 Å². The van der Waals surface area contributed by atoms with Gasteiger partial charge in [0, 0.05) is 32.6 Å². The topological polar surface area (TPSA) is 61.3 Å². The maximum absolute atomic E-state index is 10.1. The van der Waals surface area contributed by atoms with E-state index in [9.17, 15) is 5.11 Å². The second kappa shape index (κ2) is 5.74. The number of nitrogens with one attached hydrogen (secondary N) is 1. The predicted octanol–water partition coefficient (Wildman–Crippen LogP) is 1.82. The van der Waals surface area contributed by atoms with Crippen molar-refractivity contribution in [2.24, 2.45) is 0 Å². The minimum absolute atomic E-state index is 0.540.